The second-order valence-electron chi connectivity index (χ2n) is 4.79. The topological polar surface area (TPSA) is 42.0 Å². The van der Waals surface area contributed by atoms with E-state index in [-0.39, 0.29) is 14.4 Å². The second kappa shape index (κ2) is 9.53. The van der Waals surface area contributed by atoms with E-state index in [9.17, 15) is 4.79 Å². The van der Waals surface area contributed by atoms with Crippen LogP contribution in [-0.2, 0) is 0 Å². The number of rotatable bonds is 3. The number of carbonyl (C=O) groups is 1. The Morgan fingerprint density at radius 1 is 1.43 bits per heavy atom. The van der Waals surface area contributed by atoms with Gasteiger partial charge in [-0.3, -0.25) is 9.78 Å². The molecule has 1 aromatic heterocycles. The van der Waals surface area contributed by atoms with Gasteiger partial charge in [-0.25, -0.2) is 0 Å². The largest absolute Gasteiger partial charge is 0.348 e. The zero-order chi connectivity index (χ0) is 15.1. The molecule has 2 unspecified atom stereocenters. The first kappa shape index (κ1) is 17.8. The fourth-order valence-corrected chi connectivity index (χ4v) is 4.78. The van der Waals surface area contributed by atoms with Crippen LogP contribution in [0.25, 0.3) is 0 Å². The van der Waals surface area contributed by atoms with E-state index in [1.807, 2.05) is 12.1 Å². The van der Waals surface area contributed by atoms with Crippen molar-refractivity contribution in [2.75, 3.05) is 0 Å². The lowest BCUT2D eigenvalue weighted by Gasteiger charge is -2.26. The van der Waals surface area contributed by atoms with E-state index in [2.05, 4.69) is 65.6 Å². The fraction of sp³-hybridized carbons (Fsp3) is 0.429. The molecule has 1 N–H and O–H groups in total. The van der Waals surface area contributed by atoms with Crippen molar-refractivity contribution in [2.45, 2.75) is 31.7 Å². The summed E-state index contributed by atoms with van der Waals surface area (Å²) in [7, 11) is 0. The lowest BCUT2D eigenvalue weighted by atomic mass is 9.86. The molecule has 0 spiro atoms. The first-order valence-electron chi connectivity index (χ1n) is 6.66. The van der Waals surface area contributed by atoms with Crippen LogP contribution in [-0.4, -0.2) is 16.9 Å². The molecule has 21 heavy (non-hydrogen) atoms. The summed E-state index contributed by atoms with van der Waals surface area (Å²) in [5.41, 5.74) is 0.488. The Balaban J connectivity index is 1.86. The molecule has 1 amide bonds. The van der Waals surface area contributed by atoms with Crippen LogP contribution < -0.4 is 5.32 Å². The smallest absolute Gasteiger partial charge is 0.270 e. The van der Waals surface area contributed by atoms with Gasteiger partial charge >= 0.3 is 0 Å². The summed E-state index contributed by atoms with van der Waals surface area (Å²) < 4.78 is -0.0776. The zero-order valence-electron chi connectivity index (χ0n) is 11.3. The fourth-order valence-electron chi connectivity index (χ4n) is 2.35. The van der Waals surface area contributed by atoms with Crippen LogP contribution in [0, 0.1) is 17.1 Å². The number of carbonyl (C=O) groups excluding carboxylic acids is 1. The average Bonchev–Trinajstić information content (AvgIpc) is 2.48. The monoisotopic (exact) mass is 544 g/mol. The van der Waals surface area contributed by atoms with Crippen LogP contribution in [0.2, 0.25) is 0 Å². The Labute approximate surface area is 156 Å². The highest BCUT2D eigenvalue weighted by Crippen LogP contribution is 2.64. The summed E-state index contributed by atoms with van der Waals surface area (Å²) in [4.78, 5) is 16.2. The van der Waals surface area contributed by atoms with E-state index < -0.39 is 0 Å². The Morgan fingerprint density at radius 3 is 3.00 bits per heavy atom. The van der Waals surface area contributed by atoms with Crippen molar-refractivity contribution in [1.29, 1.82) is 0 Å². The number of nitrogens with zero attached hydrogens (tertiary/aromatic N) is 1. The summed E-state index contributed by atoms with van der Waals surface area (Å²) in [6.45, 7) is 0. The first-order chi connectivity index (χ1) is 10.1. The quantitative estimate of drug-likeness (QED) is 0.325. The van der Waals surface area contributed by atoms with Gasteiger partial charge < -0.3 is 5.32 Å². The number of hydrogen-bond acceptors (Lipinski definition) is 3. The normalized spacial score (nSPS) is 21.5. The maximum atomic E-state index is 12.1. The summed E-state index contributed by atoms with van der Waals surface area (Å²) in [6.07, 6.45) is 5.90. The molecule has 0 bridgehead atoms. The van der Waals surface area contributed by atoms with Crippen molar-refractivity contribution in [3.63, 3.8) is 0 Å². The van der Waals surface area contributed by atoms with Crippen molar-refractivity contribution in [3.05, 3.63) is 30.1 Å². The van der Waals surface area contributed by atoms with Crippen LogP contribution in [0.15, 0.2) is 24.4 Å². The van der Waals surface area contributed by atoms with Crippen LogP contribution in [0.1, 0.15) is 36.2 Å². The molecule has 112 valence electrons. The van der Waals surface area contributed by atoms with Gasteiger partial charge in [-0.15, -0.1) is 0 Å². The van der Waals surface area contributed by atoms with Crippen molar-refractivity contribution in [1.82, 2.24) is 10.3 Å². The number of halogens is 2. The summed E-state index contributed by atoms with van der Waals surface area (Å²) in [6, 6.07) is 5.61. The third-order valence-corrected chi connectivity index (χ3v) is 7.86. The minimum Gasteiger partial charge on any atom is -0.348 e. The van der Waals surface area contributed by atoms with Gasteiger partial charge in [0.15, 0.2) is 0 Å². The predicted molar refractivity (Wildman–Crippen MR) is 108 cm³/mol. The highest BCUT2D eigenvalue weighted by atomic mass is 127. The van der Waals surface area contributed by atoms with Gasteiger partial charge in [0.25, 0.3) is 5.91 Å². The Bertz CT molecular complexity index is 533. The summed E-state index contributed by atoms with van der Waals surface area (Å²) >= 11 is 6.54. The van der Waals surface area contributed by atoms with Gasteiger partial charge in [-0.05, 0) is 92.1 Å². The van der Waals surface area contributed by atoms with E-state index in [1.54, 1.807) is 23.6 Å². The molecule has 2 rings (SSSR count). The Kier molecular flexibility index (Phi) is 8.07. The molecule has 0 aromatic carbocycles. The van der Waals surface area contributed by atoms with Gasteiger partial charge in [-0.2, -0.15) is 0 Å². The summed E-state index contributed by atoms with van der Waals surface area (Å²) in [5, 5.41) is 6.30. The third-order valence-electron chi connectivity index (χ3n) is 3.28. The average molecular weight is 544 g/mol. The second-order valence-corrected chi connectivity index (χ2v) is 22.5. The molecule has 1 aliphatic carbocycles. The molecule has 0 saturated heterocycles. The van der Waals surface area contributed by atoms with Crippen LogP contribution in [0.3, 0.4) is 0 Å². The number of aromatic nitrogens is 1. The molecule has 3 nitrogen and oxygen atoms in total. The Hall–Kier alpha value is 0.420. The van der Waals surface area contributed by atoms with Crippen LogP contribution in [0.4, 0.5) is 0 Å². The number of pyridine rings is 1. The van der Waals surface area contributed by atoms with Crippen molar-refractivity contribution < 1.29 is 4.79 Å². The maximum Gasteiger partial charge on any atom is 0.270 e. The van der Waals surface area contributed by atoms with E-state index in [0.717, 1.165) is 25.7 Å². The van der Waals surface area contributed by atoms with Crippen LogP contribution >= 0.6 is 57.9 Å². The van der Waals surface area contributed by atoms with Gasteiger partial charge in [0.2, 0.25) is 0 Å². The molecule has 1 heterocycles. The molecule has 1 aliphatic rings. The third kappa shape index (κ3) is 6.59. The molecule has 0 radical (unpaired) electrons. The number of amides is 1. The van der Waals surface area contributed by atoms with E-state index in [1.165, 1.54) is 0 Å². The molecule has 1 saturated carbocycles. The van der Waals surface area contributed by atoms with Gasteiger partial charge in [0.1, 0.15) is 5.69 Å². The first-order valence-corrected chi connectivity index (χ1v) is 15.0. The minimum atomic E-state index is -0.0776. The van der Waals surface area contributed by atoms with E-state index >= 15 is 0 Å². The standard InChI is InChI=1S/C14H15I2N2OPS/c15-20(16)21-9-7-11-4-3-5-12(10-11)18-14(19)13-6-1-2-8-17-13/h1-2,6,8,11-12H,3-5,10H2,(H,18,19). The van der Waals surface area contributed by atoms with Gasteiger partial charge in [0, 0.05) is 18.2 Å². The summed E-state index contributed by atoms with van der Waals surface area (Å²) in [5.74, 6) is 3.68. The maximum absolute atomic E-state index is 12.1. The lowest BCUT2D eigenvalue weighted by molar-refractivity contribution is 0.0919. The molecular weight excluding hydrogens is 529 g/mol. The number of nitrogens with one attached hydrogen (secondary N) is 1. The van der Waals surface area contributed by atoms with Crippen molar-refractivity contribution in [3.8, 4) is 11.2 Å². The van der Waals surface area contributed by atoms with Crippen molar-refractivity contribution in [2.24, 2.45) is 5.92 Å². The van der Waals surface area contributed by atoms with Crippen LogP contribution in [0.5, 0.6) is 0 Å². The minimum absolute atomic E-state index is 0.0772. The van der Waals surface area contributed by atoms with Crippen molar-refractivity contribution >= 4 is 63.8 Å². The highest BCUT2D eigenvalue weighted by molar-refractivity contribution is 14.3. The molecule has 0 aliphatic heterocycles. The zero-order valence-corrected chi connectivity index (χ0v) is 17.3. The number of hydrogen-bond donors (Lipinski definition) is 1. The molecule has 1 aromatic rings. The SMILES string of the molecule is O=C(NC1CCCC(C#CSP(I)I)C1)c1ccccn1. The molecule has 7 heteroatoms. The van der Waals surface area contributed by atoms with Gasteiger partial charge in [0.05, 0.1) is 2.41 Å². The lowest BCUT2D eigenvalue weighted by Crippen LogP contribution is -2.38. The molecule has 2 atom stereocenters. The van der Waals surface area contributed by atoms with Gasteiger partial charge in [-0.1, -0.05) is 18.4 Å². The highest BCUT2D eigenvalue weighted by Gasteiger charge is 2.22. The molecular formula is C14H15I2N2OPS. The van der Waals surface area contributed by atoms with E-state index in [4.69, 9.17) is 0 Å². The molecule has 1 fully saturated rings. The van der Waals surface area contributed by atoms with E-state index in [0.29, 0.717) is 11.6 Å². The predicted octanol–water partition coefficient (Wildman–Crippen LogP) is 5.16. The Morgan fingerprint density at radius 2 is 2.29 bits per heavy atom.